The Kier molecular flexibility index (Phi) is 4.09. The first-order chi connectivity index (χ1) is 11.8. The van der Waals surface area contributed by atoms with Crippen molar-refractivity contribution in [3.8, 4) is 0 Å². The molecule has 2 aromatic rings. The van der Waals surface area contributed by atoms with Crippen molar-refractivity contribution < 1.29 is 0 Å². The average molecular weight is 348 g/mol. The molecule has 0 aromatic heterocycles. The predicted molar refractivity (Wildman–Crippen MR) is 108 cm³/mol. The highest BCUT2D eigenvalue weighted by Gasteiger charge is 2.47. The molecule has 0 unspecified atom stereocenters. The van der Waals surface area contributed by atoms with E-state index in [1.165, 1.54) is 5.56 Å². The van der Waals surface area contributed by atoms with Crippen LogP contribution in [0.5, 0.6) is 0 Å². The lowest BCUT2D eigenvalue weighted by Crippen LogP contribution is -2.44. The number of nitrogens with one attached hydrogen (secondary N) is 1. The van der Waals surface area contributed by atoms with Gasteiger partial charge < -0.3 is 4.90 Å². The number of hydrogen-bond acceptors (Lipinski definition) is 2. The van der Waals surface area contributed by atoms with E-state index in [1.54, 1.807) is 11.0 Å². The van der Waals surface area contributed by atoms with E-state index in [2.05, 4.69) is 17.0 Å². The molecule has 25 heavy (non-hydrogen) atoms. The molecule has 5 heteroatoms. The van der Waals surface area contributed by atoms with Crippen LogP contribution in [-0.4, -0.2) is 16.5 Å². The standard InChI is InChI=1S/C20H20N4S/c1-13-6-8-15(9-7-13)24-19(25)23(18(21)20(24,3)4)16-10-11-17(22-5)14(2)12-16/h6-12,21H,1-4H3. The van der Waals surface area contributed by atoms with Gasteiger partial charge in [-0.1, -0.05) is 23.8 Å². The van der Waals surface area contributed by atoms with Crippen molar-refractivity contribution >= 4 is 40.2 Å². The van der Waals surface area contributed by atoms with Gasteiger partial charge in [-0.25, -0.2) is 4.85 Å². The average Bonchev–Trinajstić information content (AvgIpc) is 2.74. The number of thiocarbonyl (C=S) groups is 1. The first-order valence-corrected chi connectivity index (χ1v) is 8.46. The third kappa shape index (κ3) is 2.69. The van der Waals surface area contributed by atoms with Gasteiger partial charge in [-0.15, -0.1) is 0 Å². The zero-order valence-corrected chi connectivity index (χ0v) is 15.6. The van der Waals surface area contributed by atoms with Crippen molar-refractivity contribution in [2.45, 2.75) is 33.2 Å². The fourth-order valence-corrected chi connectivity index (χ4v) is 3.62. The summed E-state index contributed by atoms with van der Waals surface area (Å²) in [7, 11) is 0. The Morgan fingerprint density at radius 2 is 1.64 bits per heavy atom. The van der Waals surface area contributed by atoms with Gasteiger partial charge in [0, 0.05) is 11.4 Å². The van der Waals surface area contributed by atoms with E-state index < -0.39 is 5.54 Å². The van der Waals surface area contributed by atoms with E-state index in [1.807, 2.05) is 56.9 Å². The van der Waals surface area contributed by atoms with E-state index in [9.17, 15) is 0 Å². The molecule has 2 aromatic carbocycles. The summed E-state index contributed by atoms with van der Waals surface area (Å²) < 4.78 is 0. The minimum absolute atomic E-state index is 0.424. The van der Waals surface area contributed by atoms with E-state index in [-0.39, 0.29) is 0 Å². The van der Waals surface area contributed by atoms with Gasteiger partial charge in [0.15, 0.2) is 10.8 Å². The van der Waals surface area contributed by atoms with Gasteiger partial charge in [0.25, 0.3) is 0 Å². The lowest BCUT2D eigenvalue weighted by molar-refractivity contribution is 0.699. The lowest BCUT2D eigenvalue weighted by Gasteiger charge is -2.30. The number of benzene rings is 2. The molecule has 1 fully saturated rings. The molecule has 1 saturated heterocycles. The third-order valence-corrected chi connectivity index (χ3v) is 4.96. The topological polar surface area (TPSA) is 34.7 Å². The second-order valence-electron chi connectivity index (χ2n) is 6.78. The van der Waals surface area contributed by atoms with Crippen LogP contribution in [0.4, 0.5) is 17.1 Å². The number of hydrogen-bond donors (Lipinski definition) is 1. The third-order valence-electron chi connectivity index (χ3n) is 4.60. The van der Waals surface area contributed by atoms with Gasteiger partial charge in [-0.3, -0.25) is 10.3 Å². The number of nitrogens with zero attached hydrogens (tertiary/aromatic N) is 3. The highest BCUT2D eigenvalue weighted by Crippen LogP contribution is 2.37. The first-order valence-electron chi connectivity index (χ1n) is 8.05. The van der Waals surface area contributed by atoms with Gasteiger partial charge >= 0.3 is 0 Å². The lowest BCUT2D eigenvalue weighted by atomic mass is 10.0. The van der Waals surface area contributed by atoms with E-state index in [4.69, 9.17) is 24.2 Å². The largest absolute Gasteiger partial charge is 0.305 e. The van der Waals surface area contributed by atoms with Crippen LogP contribution in [0.15, 0.2) is 42.5 Å². The van der Waals surface area contributed by atoms with Crippen molar-refractivity contribution in [2.75, 3.05) is 9.80 Å². The molecule has 4 nitrogen and oxygen atoms in total. The Balaban J connectivity index is 2.07. The van der Waals surface area contributed by atoms with E-state index >= 15 is 0 Å². The fourth-order valence-electron chi connectivity index (χ4n) is 3.08. The normalized spacial score (nSPS) is 16.3. The maximum Gasteiger partial charge on any atom is 0.190 e. The molecule has 1 heterocycles. The Hall–Kier alpha value is -2.71. The van der Waals surface area contributed by atoms with Crippen molar-refractivity contribution in [1.82, 2.24) is 0 Å². The van der Waals surface area contributed by atoms with Crippen LogP contribution < -0.4 is 9.80 Å². The van der Waals surface area contributed by atoms with Crippen molar-refractivity contribution in [2.24, 2.45) is 0 Å². The first kappa shape index (κ1) is 17.1. The summed E-state index contributed by atoms with van der Waals surface area (Å²) in [6.45, 7) is 15.2. The van der Waals surface area contributed by atoms with Crippen LogP contribution >= 0.6 is 12.2 Å². The Bertz CT molecular complexity index is 906. The summed E-state index contributed by atoms with van der Waals surface area (Å²) in [4.78, 5) is 7.31. The quantitative estimate of drug-likeness (QED) is 0.597. The van der Waals surface area contributed by atoms with Gasteiger partial charge in [0.1, 0.15) is 5.84 Å². The molecule has 0 aliphatic carbocycles. The summed E-state index contributed by atoms with van der Waals surface area (Å²) >= 11 is 5.74. The Morgan fingerprint density at radius 1 is 1.04 bits per heavy atom. The maximum atomic E-state index is 8.70. The number of anilines is 2. The molecule has 1 N–H and O–H groups in total. The van der Waals surface area contributed by atoms with E-state index in [0.717, 1.165) is 16.9 Å². The molecule has 3 rings (SSSR count). The molecular formula is C20H20N4S. The number of amidine groups is 1. The van der Waals surface area contributed by atoms with Gasteiger partial charge in [-0.05, 0) is 69.7 Å². The zero-order chi connectivity index (χ0) is 18.4. The van der Waals surface area contributed by atoms with Crippen LogP contribution in [0, 0.1) is 25.8 Å². The van der Waals surface area contributed by atoms with Crippen LogP contribution in [0.3, 0.4) is 0 Å². The SMILES string of the molecule is [C-]#[N+]c1ccc(N2C(=N)C(C)(C)N(c3ccc(C)cc3)C2=S)cc1C. The van der Waals surface area contributed by atoms with Crippen LogP contribution in [0.25, 0.3) is 4.85 Å². The summed E-state index contributed by atoms with van der Waals surface area (Å²) in [6, 6.07) is 13.7. The van der Waals surface area contributed by atoms with Crippen molar-refractivity contribution in [3.05, 3.63) is 65.0 Å². The molecule has 0 atom stereocenters. The van der Waals surface area contributed by atoms with Gasteiger partial charge in [0.2, 0.25) is 0 Å². The van der Waals surface area contributed by atoms with Crippen molar-refractivity contribution in [3.63, 3.8) is 0 Å². The highest BCUT2D eigenvalue weighted by atomic mass is 32.1. The predicted octanol–water partition coefficient (Wildman–Crippen LogP) is 5.22. The molecule has 1 aliphatic heterocycles. The summed E-state index contributed by atoms with van der Waals surface area (Å²) in [5.41, 5.74) is 3.93. The monoisotopic (exact) mass is 348 g/mol. The molecule has 0 spiro atoms. The number of rotatable bonds is 2. The summed E-state index contributed by atoms with van der Waals surface area (Å²) in [5.74, 6) is 0.424. The highest BCUT2D eigenvalue weighted by molar-refractivity contribution is 7.81. The molecule has 126 valence electrons. The minimum Gasteiger partial charge on any atom is -0.305 e. The second-order valence-corrected chi connectivity index (χ2v) is 7.14. The molecule has 0 saturated carbocycles. The molecule has 0 radical (unpaired) electrons. The smallest absolute Gasteiger partial charge is 0.190 e. The molecule has 0 bridgehead atoms. The van der Waals surface area contributed by atoms with Crippen LogP contribution in [-0.2, 0) is 0 Å². The van der Waals surface area contributed by atoms with Crippen LogP contribution in [0.2, 0.25) is 0 Å². The Morgan fingerprint density at radius 3 is 2.20 bits per heavy atom. The molecule has 1 aliphatic rings. The second kappa shape index (κ2) is 5.98. The fraction of sp³-hybridized carbons (Fsp3) is 0.250. The summed E-state index contributed by atoms with van der Waals surface area (Å²) in [6.07, 6.45) is 0. The molecule has 0 amide bonds. The minimum atomic E-state index is -0.557. The number of aryl methyl sites for hydroxylation is 2. The van der Waals surface area contributed by atoms with E-state index in [0.29, 0.717) is 16.6 Å². The maximum absolute atomic E-state index is 8.70. The molecular weight excluding hydrogens is 328 g/mol. The Labute approximate surface area is 154 Å². The summed E-state index contributed by atoms with van der Waals surface area (Å²) in [5, 5.41) is 9.28. The zero-order valence-electron chi connectivity index (χ0n) is 14.8. The van der Waals surface area contributed by atoms with Crippen molar-refractivity contribution in [1.29, 1.82) is 5.41 Å². The van der Waals surface area contributed by atoms with Crippen LogP contribution in [0.1, 0.15) is 25.0 Å². The van der Waals surface area contributed by atoms with Gasteiger partial charge in [0.05, 0.1) is 12.1 Å². The van der Waals surface area contributed by atoms with Gasteiger partial charge in [-0.2, -0.15) is 0 Å².